The SMILES string of the molecule is Cc1cc(C(=O)NC[C@H]2CC[C@@H](Nc3nccc(N(C)C)n3)CC2)c(C(F)(F)F)o1. The lowest BCUT2D eigenvalue weighted by Crippen LogP contribution is -2.34. The van der Waals surface area contributed by atoms with Gasteiger partial charge in [-0.15, -0.1) is 0 Å². The van der Waals surface area contributed by atoms with Crippen molar-refractivity contribution in [1.29, 1.82) is 0 Å². The summed E-state index contributed by atoms with van der Waals surface area (Å²) >= 11 is 0. The van der Waals surface area contributed by atoms with Crippen molar-refractivity contribution in [3.05, 3.63) is 35.4 Å². The summed E-state index contributed by atoms with van der Waals surface area (Å²) in [6, 6.07) is 3.18. The molecule has 30 heavy (non-hydrogen) atoms. The Morgan fingerprint density at radius 2 is 1.97 bits per heavy atom. The van der Waals surface area contributed by atoms with Gasteiger partial charge in [-0.1, -0.05) is 0 Å². The quantitative estimate of drug-likeness (QED) is 0.731. The third kappa shape index (κ3) is 5.43. The lowest BCUT2D eigenvalue weighted by Gasteiger charge is -2.29. The predicted octanol–water partition coefficient (Wildman–Crippen LogP) is 3.86. The van der Waals surface area contributed by atoms with Gasteiger partial charge in [0.2, 0.25) is 11.7 Å². The molecule has 2 heterocycles. The van der Waals surface area contributed by atoms with E-state index in [1.54, 1.807) is 6.20 Å². The van der Waals surface area contributed by atoms with E-state index in [0.717, 1.165) is 37.6 Å². The molecule has 0 spiro atoms. The summed E-state index contributed by atoms with van der Waals surface area (Å²) in [5.74, 6) is -0.341. The number of halogens is 3. The summed E-state index contributed by atoms with van der Waals surface area (Å²) in [7, 11) is 3.82. The van der Waals surface area contributed by atoms with Crippen molar-refractivity contribution >= 4 is 17.7 Å². The maximum atomic E-state index is 13.0. The number of aryl methyl sites for hydroxylation is 1. The van der Waals surface area contributed by atoms with Crippen LogP contribution in [0.3, 0.4) is 0 Å². The molecule has 0 atom stereocenters. The minimum atomic E-state index is -4.70. The van der Waals surface area contributed by atoms with E-state index in [1.165, 1.54) is 6.92 Å². The number of carbonyl (C=O) groups is 1. The fourth-order valence-electron chi connectivity index (χ4n) is 3.59. The third-order valence-corrected chi connectivity index (χ3v) is 5.19. The Hall–Kier alpha value is -2.78. The van der Waals surface area contributed by atoms with Crippen molar-refractivity contribution in [3.63, 3.8) is 0 Å². The second kappa shape index (κ2) is 8.93. The van der Waals surface area contributed by atoms with Crippen molar-refractivity contribution in [3.8, 4) is 0 Å². The van der Waals surface area contributed by atoms with Crippen LogP contribution in [0.15, 0.2) is 22.7 Å². The first kappa shape index (κ1) is 21.9. The molecule has 10 heteroatoms. The van der Waals surface area contributed by atoms with Gasteiger partial charge in [-0.2, -0.15) is 18.2 Å². The van der Waals surface area contributed by atoms with Gasteiger partial charge in [0.05, 0.1) is 5.56 Å². The summed E-state index contributed by atoms with van der Waals surface area (Å²) < 4.78 is 43.7. The summed E-state index contributed by atoms with van der Waals surface area (Å²) in [6.07, 6.45) is 0.447. The van der Waals surface area contributed by atoms with Gasteiger partial charge in [0.25, 0.3) is 5.91 Å². The molecule has 0 saturated heterocycles. The van der Waals surface area contributed by atoms with E-state index < -0.39 is 23.4 Å². The van der Waals surface area contributed by atoms with Crippen molar-refractivity contribution < 1.29 is 22.4 Å². The first-order valence-corrected chi connectivity index (χ1v) is 9.86. The van der Waals surface area contributed by atoms with Crippen LogP contribution in [0.25, 0.3) is 0 Å². The fraction of sp³-hybridized carbons (Fsp3) is 0.550. The maximum Gasteiger partial charge on any atom is 0.450 e. The number of anilines is 2. The topological polar surface area (TPSA) is 83.3 Å². The lowest BCUT2D eigenvalue weighted by molar-refractivity contribution is -0.153. The van der Waals surface area contributed by atoms with Crippen molar-refractivity contribution in [2.75, 3.05) is 30.9 Å². The number of amides is 1. The van der Waals surface area contributed by atoms with Crippen molar-refractivity contribution in [2.45, 2.75) is 44.8 Å². The highest BCUT2D eigenvalue weighted by atomic mass is 19.4. The maximum absolute atomic E-state index is 13.0. The summed E-state index contributed by atoms with van der Waals surface area (Å²) in [6.45, 7) is 1.72. The van der Waals surface area contributed by atoms with Gasteiger partial charge >= 0.3 is 6.18 Å². The molecule has 2 aromatic rings. The predicted molar refractivity (Wildman–Crippen MR) is 107 cm³/mol. The number of hydrogen-bond donors (Lipinski definition) is 2. The molecule has 1 aliphatic rings. The van der Waals surface area contributed by atoms with Crippen LogP contribution < -0.4 is 15.5 Å². The number of furan rings is 1. The zero-order valence-electron chi connectivity index (χ0n) is 17.2. The van der Waals surface area contributed by atoms with Crippen LogP contribution in [0, 0.1) is 12.8 Å². The average molecular weight is 425 g/mol. The van der Waals surface area contributed by atoms with Crippen LogP contribution in [0.2, 0.25) is 0 Å². The summed E-state index contributed by atoms with van der Waals surface area (Å²) in [4.78, 5) is 22.9. The van der Waals surface area contributed by atoms with Gasteiger partial charge in [-0.3, -0.25) is 4.79 Å². The summed E-state index contributed by atoms with van der Waals surface area (Å²) in [5, 5.41) is 5.97. The molecule has 2 aromatic heterocycles. The molecule has 0 bridgehead atoms. The van der Waals surface area contributed by atoms with Crippen molar-refractivity contribution in [2.24, 2.45) is 5.92 Å². The standard InChI is InChI=1S/C20H26F3N5O2/c1-12-10-15(17(30-12)20(21,22)23)18(29)25-11-13-4-6-14(7-5-13)26-19-24-9-8-16(27-19)28(2)3/h8-10,13-14H,4-7,11H2,1-3H3,(H,25,29)(H,24,26,27)/t13-,14+. The van der Waals surface area contributed by atoms with Gasteiger partial charge < -0.3 is 20.0 Å². The molecule has 3 rings (SSSR count). The molecule has 0 aromatic carbocycles. The van der Waals surface area contributed by atoms with Crippen molar-refractivity contribution in [1.82, 2.24) is 15.3 Å². The molecule has 0 unspecified atom stereocenters. The number of rotatable bonds is 6. The Morgan fingerprint density at radius 3 is 2.60 bits per heavy atom. The normalized spacial score (nSPS) is 19.4. The van der Waals surface area contributed by atoms with Crippen LogP contribution in [-0.4, -0.2) is 42.6 Å². The number of aromatic nitrogens is 2. The average Bonchev–Trinajstić information content (AvgIpc) is 3.10. The number of hydrogen-bond acceptors (Lipinski definition) is 6. The Morgan fingerprint density at radius 1 is 1.27 bits per heavy atom. The highest BCUT2D eigenvalue weighted by Crippen LogP contribution is 2.34. The smallest absolute Gasteiger partial charge is 0.450 e. The zero-order valence-corrected chi connectivity index (χ0v) is 17.2. The molecule has 1 aliphatic carbocycles. The number of alkyl halides is 3. The molecule has 164 valence electrons. The number of carbonyl (C=O) groups excluding carboxylic acids is 1. The number of nitrogens with zero attached hydrogens (tertiary/aromatic N) is 3. The highest BCUT2D eigenvalue weighted by Gasteiger charge is 2.40. The largest absolute Gasteiger partial charge is 0.456 e. The minimum Gasteiger partial charge on any atom is -0.456 e. The third-order valence-electron chi connectivity index (χ3n) is 5.19. The van der Waals surface area contributed by atoms with Gasteiger partial charge in [-0.05, 0) is 50.7 Å². The number of nitrogens with one attached hydrogen (secondary N) is 2. The Balaban J connectivity index is 1.49. The van der Waals surface area contributed by atoms with Gasteiger partial charge in [0.1, 0.15) is 11.6 Å². The first-order chi connectivity index (χ1) is 14.1. The first-order valence-electron chi connectivity index (χ1n) is 9.86. The monoisotopic (exact) mass is 425 g/mol. The Kier molecular flexibility index (Phi) is 6.52. The van der Waals surface area contributed by atoms with E-state index in [1.807, 2.05) is 25.1 Å². The lowest BCUT2D eigenvalue weighted by atomic mass is 9.86. The van der Waals surface area contributed by atoms with Crippen LogP contribution in [-0.2, 0) is 6.18 Å². The van der Waals surface area contributed by atoms with Gasteiger partial charge in [0, 0.05) is 32.9 Å². The molecule has 2 N–H and O–H groups in total. The summed E-state index contributed by atoms with van der Waals surface area (Å²) in [5.41, 5.74) is -0.465. The van der Waals surface area contributed by atoms with Crippen LogP contribution in [0.4, 0.5) is 24.9 Å². The molecule has 7 nitrogen and oxygen atoms in total. The molecule has 0 aliphatic heterocycles. The minimum absolute atomic E-state index is 0.0552. The van der Waals surface area contributed by atoms with Crippen LogP contribution in [0.5, 0.6) is 0 Å². The highest BCUT2D eigenvalue weighted by molar-refractivity contribution is 5.95. The molecular formula is C20H26F3N5O2. The second-order valence-electron chi connectivity index (χ2n) is 7.80. The van der Waals surface area contributed by atoms with E-state index in [9.17, 15) is 18.0 Å². The second-order valence-corrected chi connectivity index (χ2v) is 7.80. The Labute approximate surface area is 173 Å². The molecule has 1 fully saturated rings. The van der Waals surface area contributed by atoms with Gasteiger partial charge in [0.15, 0.2) is 0 Å². The van der Waals surface area contributed by atoms with Gasteiger partial charge in [-0.25, -0.2) is 4.98 Å². The van der Waals surface area contributed by atoms with E-state index in [0.29, 0.717) is 12.5 Å². The molecule has 0 radical (unpaired) electrons. The fourth-order valence-corrected chi connectivity index (χ4v) is 3.59. The molecular weight excluding hydrogens is 399 g/mol. The zero-order chi connectivity index (χ0) is 21.9. The van der Waals surface area contributed by atoms with Crippen LogP contribution in [0.1, 0.15) is 47.6 Å². The van der Waals surface area contributed by atoms with E-state index in [-0.39, 0.29) is 17.7 Å². The van der Waals surface area contributed by atoms with E-state index in [4.69, 9.17) is 0 Å². The van der Waals surface area contributed by atoms with E-state index in [2.05, 4.69) is 25.0 Å². The van der Waals surface area contributed by atoms with Crippen LogP contribution >= 0.6 is 0 Å². The molecule has 1 amide bonds. The molecule has 1 saturated carbocycles. The Bertz CT molecular complexity index is 874. The van der Waals surface area contributed by atoms with E-state index >= 15 is 0 Å².